The highest BCUT2D eigenvalue weighted by Gasteiger charge is 2.55. The van der Waals surface area contributed by atoms with Gasteiger partial charge in [-0.2, -0.15) is 5.26 Å². The number of benzene rings is 1. The van der Waals surface area contributed by atoms with Crippen LogP contribution < -0.4 is 0 Å². The van der Waals surface area contributed by atoms with E-state index in [2.05, 4.69) is 13.0 Å². The molecule has 3 atom stereocenters. The van der Waals surface area contributed by atoms with Crippen LogP contribution in [0.4, 0.5) is 4.39 Å². The summed E-state index contributed by atoms with van der Waals surface area (Å²) >= 11 is 0. The largest absolute Gasteiger partial charge is 0.383 e. The molecule has 0 bridgehead atoms. The molecule has 1 aromatic rings. The highest BCUT2D eigenvalue weighted by atomic mass is 19.1. The Hall–Kier alpha value is -1.40. The highest BCUT2D eigenvalue weighted by molar-refractivity contribution is 5.31. The van der Waals surface area contributed by atoms with Crippen molar-refractivity contribution in [1.29, 1.82) is 5.26 Å². The Bertz CT molecular complexity index is 524. The Morgan fingerprint density at radius 3 is 2.65 bits per heavy atom. The standard InChI is InChI=1S/C17H22FNO/c1-3-13-9-10-16(11-13,12-19)17(20,4-2)14-7-5-6-8-15(14)18/h5-8,13,20H,3-4,9-11H2,1-2H3. The first-order valence-corrected chi connectivity index (χ1v) is 7.41. The van der Waals surface area contributed by atoms with Crippen molar-refractivity contribution in [2.24, 2.45) is 11.3 Å². The van der Waals surface area contributed by atoms with E-state index < -0.39 is 16.8 Å². The lowest BCUT2D eigenvalue weighted by molar-refractivity contribution is -0.0671. The first-order chi connectivity index (χ1) is 9.53. The Kier molecular flexibility index (Phi) is 4.15. The second-order valence-corrected chi connectivity index (χ2v) is 5.90. The molecule has 1 saturated carbocycles. The molecule has 0 amide bonds. The predicted octanol–water partition coefficient (Wildman–Crippen LogP) is 4.14. The number of rotatable bonds is 4. The fraction of sp³-hybridized carbons (Fsp3) is 0.588. The summed E-state index contributed by atoms with van der Waals surface area (Å²) in [5.41, 5.74) is -2.01. The molecule has 3 unspecified atom stereocenters. The van der Waals surface area contributed by atoms with Crippen molar-refractivity contribution in [1.82, 2.24) is 0 Å². The van der Waals surface area contributed by atoms with Gasteiger partial charge in [0, 0.05) is 5.56 Å². The van der Waals surface area contributed by atoms with E-state index in [4.69, 9.17) is 0 Å². The average Bonchev–Trinajstić information content (AvgIpc) is 2.92. The normalized spacial score (nSPS) is 28.9. The maximum absolute atomic E-state index is 14.1. The van der Waals surface area contributed by atoms with Crippen molar-refractivity contribution in [3.63, 3.8) is 0 Å². The Morgan fingerprint density at radius 1 is 1.45 bits per heavy atom. The third kappa shape index (κ3) is 2.13. The van der Waals surface area contributed by atoms with Crippen LogP contribution in [0, 0.1) is 28.5 Å². The van der Waals surface area contributed by atoms with Crippen molar-refractivity contribution >= 4 is 0 Å². The van der Waals surface area contributed by atoms with Crippen LogP contribution in [0.25, 0.3) is 0 Å². The third-order valence-electron chi connectivity index (χ3n) is 5.03. The van der Waals surface area contributed by atoms with E-state index in [-0.39, 0.29) is 5.56 Å². The van der Waals surface area contributed by atoms with E-state index in [1.807, 2.05) is 6.92 Å². The molecule has 108 valence electrons. The lowest BCUT2D eigenvalue weighted by Gasteiger charge is -2.40. The summed E-state index contributed by atoms with van der Waals surface area (Å²) in [6.07, 6.45) is 3.57. The number of hydrogen-bond acceptors (Lipinski definition) is 2. The van der Waals surface area contributed by atoms with E-state index in [9.17, 15) is 14.8 Å². The monoisotopic (exact) mass is 275 g/mol. The molecule has 0 aromatic heterocycles. The summed E-state index contributed by atoms with van der Waals surface area (Å²) in [4.78, 5) is 0. The molecule has 1 aliphatic carbocycles. The van der Waals surface area contributed by atoms with Crippen LogP contribution in [0.3, 0.4) is 0 Å². The van der Waals surface area contributed by atoms with Crippen molar-refractivity contribution in [3.05, 3.63) is 35.6 Å². The third-order valence-corrected chi connectivity index (χ3v) is 5.03. The van der Waals surface area contributed by atoms with Gasteiger partial charge in [0.05, 0.1) is 11.5 Å². The lowest BCUT2D eigenvalue weighted by atomic mass is 9.66. The summed E-state index contributed by atoms with van der Waals surface area (Å²) in [5, 5.41) is 20.9. The van der Waals surface area contributed by atoms with Crippen LogP contribution in [-0.4, -0.2) is 5.11 Å². The molecular weight excluding hydrogens is 253 g/mol. The second kappa shape index (κ2) is 5.54. The molecule has 3 heteroatoms. The van der Waals surface area contributed by atoms with Gasteiger partial charge in [0.1, 0.15) is 11.4 Å². The Morgan fingerprint density at radius 2 is 2.15 bits per heavy atom. The first kappa shape index (κ1) is 15.0. The van der Waals surface area contributed by atoms with Crippen LogP contribution in [0.2, 0.25) is 0 Å². The molecule has 1 aromatic carbocycles. The summed E-state index contributed by atoms with van der Waals surface area (Å²) in [7, 11) is 0. The Balaban J connectivity index is 2.50. The van der Waals surface area contributed by atoms with E-state index in [1.165, 1.54) is 6.07 Å². The van der Waals surface area contributed by atoms with Crippen LogP contribution in [0.5, 0.6) is 0 Å². The first-order valence-electron chi connectivity index (χ1n) is 7.41. The van der Waals surface area contributed by atoms with Gasteiger partial charge in [-0.1, -0.05) is 38.5 Å². The van der Waals surface area contributed by atoms with Gasteiger partial charge in [0.2, 0.25) is 0 Å². The molecule has 0 aliphatic heterocycles. The van der Waals surface area contributed by atoms with Crippen LogP contribution in [0.1, 0.15) is 51.5 Å². The SMILES string of the molecule is CCC1CCC(C#N)(C(O)(CC)c2ccccc2F)C1. The molecule has 0 spiro atoms. The maximum Gasteiger partial charge on any atom is 0.129 e. The molecule has 0 saturated heterocycles. The summed E-state index contributed by atoms with van der Waals surface area (Å²) in [6.45, 7) is 3.93. The summed E-state index contributed by atoms with van der Waals surface area (Å²) in [6, 6.07) is 8.63. The van der Waals surface area contributed by atoms with Gasteiger partial charge in [-0.15, -0.1) is 0 Å². The molecule has 20 heavy (non-hydrogen) atoms. The summed E-state index contributed by atoms with van der Waals surface area (Å²) in [5.74, 6) is 0.0194. The van der Waals surface area contributed by atoms with E-state index in [0.29, 0.717) is 25.2 Å². The van der Waals surface area contributed by atoms with Gasteiger partial charge in [0.15, 0.2) is 0 Å². The zero-order valence-corrected chi connectivity index (χ0v) is 12.2. The molecule has 1 N–H and O–H groups in total. The number of nitriles is 1. The average molecular weight is 275 g/mol. The van der Waals surface area contributed by atoms with Crippen molar-refractivity contribution in [3.8, 4) is 6.07 Å². The minimum Gasteiger partial charge on any atom is -0.383 e. The quantitative estimate of drug-likeness (QED) is 0.897. The van der Waals surface area contributed by atoms with Gasteiger partial charge in [-0.05, 0) is 37.7 Å². The molecule has 2 nitrogen and oxygen atoms in total. The van der Waals surface area contributed by atoms with Crippen molar-refractivity contribution < 1.29 is 9.50 Å². The minimum atomic E-state index is -1.41. The second-order valence-electron chi connectivity index (χ2n) is 5.90. The Labute approximate surface area is 120 Å². The predicted molar refractivity (Wildman–Crippen MR) is 76.3 cm³/mol. The fourth-order valence-corrected chi connectivity index (χ4v) is 3.65. The summed E-state index contributed by atoms with van der Waals surface area (Å²) < 4.78 is 14.1. The molecule has 2 rings (SSSR count). The molecule has 0 radical (unpaired) electrons. The lowest BCUT2D eigenvalue weighted by Crippen LogP contribution is -2.44. The van der Waals surface area contributed by atoms with Gasteiger partial charge in [-0.25, -0.2) is 4.39 Å². The number of aliphatic hydroxyl groups is 1. The topological polar surface area (TPSA) is 44.0 Å². The number of halogens is 1. The van der Waals surface area contributed by atoms with Gasteiger partial charge < -0.3 is 5.11 Å². The van der Waals surface area contributed by atoms with Crippen molar-refractivity contribution in [2.45, 2.75) is 51.6 Å². The van der Waals surface area contributed by atoms with Crippen LogP contribution in [0.15, 0.2) is 24.3 Å². The number of hydrogen-bond donors (Lipinski definition) is 1. The van der Waals surface area contributed by atoms with Gasteiger partial charge in [0.25, 0.3) is 0 Å². The zero-order chi connectivity index (χ0) is 14.8. The minimum absolute atomic E-state index is 0.265. The maximum atomic E-state index is 14.1. The molecule has 1 aliphatic rings. The molecule has 1 fully saturated rings. The van der Waals surface area contributed by atoms with Crippen LogP contribution >= 0.6 is 0 Å². The zero-order valence-electron chi connectivity index (χ0n) is 12.2. The smallest absolute Gasteiger partial charge is 0.129 e. The van der Waals surface area contributed by atoms with Gasteiger partial charge >= 0.3 is 0 Å². The fourth-order valence-electron chi connectivity index (χ4n) is 3.65. The van der Waals surface area contributed by atoms with Crippen molar-refractivity contribution in [2.75, 3.05) is 0 Å². The molecule has 0 heterocycles. The molecular formula is C17H22FNO. The van der Waals surface area contributed by atoms with Crippen LogP contribution in [-0.2, 0) is 5.60 Å². The van der Waals surface area contributed by atoms with E-state index >= 15 is 0 Å². The van der Waals surface area contributed by atoms with E-state index in [0.717, 1.165) is 12.8 Å². The highest BCUT2D eigenvalue weighted by Crippen LogP contribution is 2.55. The van der Waals surface area contributed by atoms with E-state index in [1.54, 1.807) is 18.2 Å². The number of nitrogens with zero attached hydrogens (tertiary/aromatic N) is 1. The van der Waals surface area contributed by atoms with Gasteiger partial charge in [-0.3, -0.25) is 0 Å².